The van der Waals surface area contributed by atoms with Gasteiger partial charge in [0.05, 0.1) is 12.2 Å². The van der Waals surface area contributed by atoms with E-state index in [1.165, 1.54) is 5.56 Å². The smallest absolute Gasteiger partial charge is 0.223 e. The Morgan fingerprint density at radius 1 is 1.16 bits per heavy atom. The minimum absolute atomic E-state index is 0. The van der Waals surface area contributed by atoms with Gasteiger partial charge in [-0.05, 0) is 24.1 Å². The summed E-state index contributed by atoms with van der Waals surface area (Å²) in [5.41, 5.74) is 2.22. The molecule has 0 aliphatic carbocycles. The number of carbonyl (C=O) groups is 1. The van der Waals surface area contributed by atoms with Crippen molar-refractivity contribution in [2.75, 3.05) is 45.7 Å². The molecule has 1 unspecified atom stereocenters. The van der Waals surface area contributed by atoms with Crippen molar-refractivity contribution in [1.29, 1.82) is 0 Å². The SMILES string of the molecule is CN=C(NCc1cccc(N(C)C)n1)NCC1CC(=O)N(CCc2ccccc2)C1.I. The second-order valence-electron chi connectivity index (χ2n) is 7.83. The summed E-state index contributed by atoms with van der Waals surface area (Å²) in [7, 11) is 5.71. The van der Waals surface area contributed by atoms with Gasteiger partial charge in [0, 0.05) is 53.1 Å². The molecule has 0 bridgehead atoms. The molecule has 0 saturated carbocycles. The normalized spacial score (nSPS) is 16.1. The van der Waals surface area contributed by atoms with Crippen molar-refractivity contribution < 1.29 is 4.79 Å². The van der Waals surface area contributed by atoms with Crippen LogP contribution in [0, 0.1) is 5.92 Å². The Bertz CT molecular complexity index is 858. The third-order valence-corrected chi connectivity index (χ3v) is 5.28. The molecule has 1 saturated heterocycles. The number of aromatic nitrogens is 1. The second kappa shape index (κ2) is 12.5. The maximum absolute atomic E-state index is 12.4. The molecule has 168 valence electrons. The van der Waals surface area contributed by atoms with E-state index < -0.39 is 0 Å². The van der Waals surface area contributed by atoms with Gasteiger partial charge in [0.15, 0.2) is 5.96 Å². The molecule has 2 N–H and O–H groups in total. The molecule has 1 aliphatic rings. The number of amides is 1. The maximum Gasteiger partial charge on any atom is 0.223 e. The summed E-state index contributed by atoms with van der Waals surface area (Å²) in [6.07, 6.45) is 1.49. The molecule has 1 aliphatic heterocycles. The molecule has 31 heavy (non-hydrogen) atoms. The van der Waals surface area contributed by atoms with Crippen LogP contribution >= 0.6 is 24.0 Å². The number of pyridine rings is 1. The van der Waals surface area contributed by atoms with E-state index in [4.69, 9.17) is 0 Å². The Labute approximate surface area is 202 Å². The van der Waals surface area contributed by atoms with Gasteiger partial charge in [0.1, 0.15) is 5.82 Å². The fourth-order valence-electron chi connectivity index (χ4n) is 3.57. The topological polar surface area (TPSA) is 72.9 Å². The summed E-state index contributed by atoms with van der Waals surface area (Å²) in [4.78, 5) is 25.2. The summed E-state index contributed by atoms with van der Waals surface area (Å²) in [5, 5.41) is 6.66. The number of anilines is 1. The van der Waals surface area contributed by atoms with Crippen LogP contribution in [0.15, 0.2) is 53.5 Å². The van der Waals surface area contributed by atoms with Crippen molar-refractivity contribution >= 4 is 41.7 Å². The van der Waals surface area contributed by atoms with Crippen molar-refractivity contribution in [3.05, 3.63) is 59.8 Å². The summed E-state index contributed by atoms with van der Waals surface area (Å²) in [6, 6.07) is 16.3. The number of likely N-dealkylation sites (tertiary alicyclic amines) is 1. The lowest BCUT2D eigenvalue weighted by Crippen LogP contribution is -2.40. The van der Waals surface area contributed by atoms with E-state index in [0.717, 1.165) is 43.5 Å². The highest BCUT2D eigenvalue weighted by atomic mass is 127. The lowest BCUT2D eigenvalue weighted by atomic mass is 10.1. The van der Waals surface area contributed by atoms with Crippen LogP contribution in [-0.2, 0) is 17.8 Å². The summed E-state index contributed by atoms with van der Waals surface area (Å²) >= 11 is 0. The van der Waals surface area contributed by atoms with E-state index >= 15 is 0 Å². The Kier molecular flexibility index (Phi) is 10.0. The standard InChI is InChI=1S/C23H32N6O.HI/c1-24-23(26-16-20-10-7-11-21(27-20)28(2)3)25-15-19-14-22(30)29(17-19)13-12-18-8-5-4-6-9-18;/h4-11,19H,12-17H2,1-3H3,(H2,24,25,26);1H. The van der Waals surface area contributed by atoms with Gasteiger partial charge in [0.25, 0.3) is 0 Å². The molecule has 7 nitrogen and oxygen atoms in total. The molecule has 1 atom stereocenters. The van der Waals surface area contributed by atoms with Gasteiger partial charge in [-0.3, -0.25) is 9.79 Å². The van der Waals surface area contributed by atoms with Crippen molar-refractivity contribution in [1.82, 2.24) is 20.5 Å². The molecule has 0 radical (unpaired) electrons. The zero-order valence-corrected chi connectivity index (χ0v) is 20.9. The third-order valence-electron chi connectivity index (χ3n) is 5.28. The fourth-order valence-corrected chi connectivity index (χ4v) is 3.57. The molecule has 2 heterocycles. The number of aliphatic imine (C=N–C) groups is 1. The molecule has 0 spiro atoms. The van der Waals surface area contributed by atoms with E-state index in [0.29, 0.717) is 18.9 Å². The first-order valence-corrected chi connectivity index (χ1v) is 10.4. The number of nitrogens with one attached hydrogen (secondary N) is 2. The first-order valence-electron chi connectivity index (χ1n) is 10.4. The summed E-state index contributed by atoms with van der Waals surface area (Å²) < 4.78 is 0. The van der Waals surface area contributed by atoms with Crippen molar-refractivity contribution in [3.63, 3.8) is 0 Å². The van der Waals surface area contributed by atoms with E-state index in [2.05, 4.69) is 32.7 Å². The minimum atomic E-state index is 0. The van der Waals surface area contributed by atoms with E-state index in [1.807, 2.05) is 60.3 Å². The van der Waals surface area contributed by atoms with Crippen LogP contribution in [0.25, 0.3) is 0 Å². The van der Waals surface area contributed by atoms with Crippen LogP contribution in [0.4, 0.5) is 5.82 Å². The quantitative estimate of drug-likeness (QED) is 0.308. The zero-order chi connectivity index (χ0) is 21.3. The molecule has 1 aromatic heterocycles. The van der Waals surface area contributed by atoms with Gasteiger partial charge < -0.3 is 20.4 Å². The molecule has 1 aromatic carbocycles. The van der Waals surface area contributed by atoms with Gasteiger partial charge in [-0.25, -0.2) is 4.98 Å². The highest BCUT2D eigenvalue weighted by Gasteiger charge is 2.29. The minimum Gasteiger partial charge on any atom is -0.363 e. The van der Waals surface area contributed by atoms with Gasteiger partial charge in [0.2, 0.25) is 5.91 Å². The lowest BCUT2D eigenvalue weighted by Gasteiger charge is -2.18. The van der Waals surface area contributed by atoms with Gasteiger partial charge in [-0.2, -0.15) is 0 Å². The van der Waals surface area contributed by atoms with Gasteiger partial charge in [-0.1, -0.05) is 36.4 Å². The molecular weight excluding hydrogens is 503 g/mol. The first-order chi connectivity index (χ1) is 14.5. The largest absolute Gasteiger partial charge is 0.363 e. The predicted octanol–water partition coefficient (Wildman–Crippen LogP) is 2.52. The van der Waals surface area contributed by atoms with Gasteiger partial charge >= 0.3 is 0 Å². The number of guanidine groups is 1. The number of hydrogen-bond donors (Lipinski definition) is 2. The van der Waals surface area contributed by atoms with Crippen LogP contribution in [0.2, 0.25) is 0 Å². The van der Waals surface area contributed by atoms with E-state index in [9.17, 15) is 4.79 Å². The molecule has 3 rings (SSSR count). The Balaban J connectivity index is 0.00000341. The zero-order valence-electron chi connectivity index (χ0n) is 18.5. The van der Waals surface area contributed by atoms with Crippen LogP contribution in [0.5, 0.6) is 0 Å². The number of carbonyl (C=O) groups excluding carboxylic acids is 1. The van der Waals surface area contributed by atoms with Gasteiger partial charge in [-0.15, -0.1) is 24.0 Å². The summed E-state index contributed by atoms with van der Waals surface area (Å²) in [6.45, 7) is 2.88. The molecule has 1 fully saturated rings. The Morgan fingerprint density at radius 3 is 2.65 bits per heavy atom. The number of rotatable bonds is 8. The van der Waals surface area contributed by atoms with Crippen molar-refractivity contribution in [2.45, 2.75) is 19.4 Å². The Hall–Kier alpha value is -2.36. The van der Waals surface area contributed by atoms with E-state index in [1.54, 1.807) is 7.05 Å². The average molecular weight is 536 g/mol. The number of halogens is 1. The van der Waals surface area contributed by atoms with Crippen LogP contribution < -0.4 is 15.5 Å². The van der Waals surface area contributed by atoms with Crippen molar-refractivity contribution in [2.24, 2.45) is 10.9 Å². The second-order valence-corrected chi connectivity index (χ2v) is 7.83. The molecule has 8 heteroatoms. The Morgan fingerprint density at radius 2 is 1.94 bits per heavy atom. The van der Waals surface area contributed by atoms with Crippen LogP contribution in [0.3, 0.4) is 0 Å². The number of benzene rings is 1. The summed E-state index contributed by atoms with van der Waals surface area (Å²) in [5.74, 6) is 2.19. The average Bonchev–Trinajstić information content (AvgIpc) is 3.12. The maximum atomic E-state index is 12.4. The van der Waals surface area contributed by atoms with Crippen LogP contribution in [-0.4, -0.2) is 62.5 Å². The molecular formula is C23H33IN6O. The van der Waals surface area contributed by atoms with E-state index in [-0.39, 0.29) is 29.9 Å². The first kappa shape index (κ1) is 24.9. The number of nitrogens with zero attached hydrogens (tertiary/aromatic N) is 4. The monoisotopic (exact) mass is 536 g/mol. The fraction of sp³-hybridized carbons (Fsp3) is 0.435. The highest BCUT2D eigenvalue weighted by Crippen LogP contribution is 2.17. The highest BCUT2D eigenvalue weighted by molar-refractivity contribution is 14.0. The predicted molar refractivity (Wildman–Crippen MR) is 137 cm³/mol. The number of hydrogen-bond acceptors (Lipinski definition) is 4. The molecule has 1 amide bonds. The molecule has 2 aromatic rings. The van der Waals surface area contributed by atoms with Crippen molar-refractivity contribution in [3.8, 4) is 0 Å². The lowest BCUT2D eigenvalue weighted by molar-refractivity contribution is -0.127. The van der Waals surface area contributed by atoms with Crippen LogP contribution in [0.1, 0.15) is 17.7 Å². The third kappa shape index (κ3) is 7.68.